The number of hydrogen-bond acceptors (Lipinski definition) is 3. The van der Waals surface area contributed by atoms with Gasteiger partial charge in [-0.3, -0.25) is 0 Å². The van der Waals surface area contributed by atoms with Crippen LogP contribution in [0.5, 0.6) is 0 Å². The zero-order valence-electron chi connectivity index (χ0n) is 10.1. The van der Waals surface area contributed by atoms with Gasteiger partial charge in [-0.15, -0.1) is 11.3 Å². The molecular formula is C14H17NOS. The molecule has 0 bridgehead atoms. The molecule has 2 aromatic rings. The zero-order chi connectivity index (χ0) is 12.3. The average molecular weight is 247 g/mol. The molecule has 0 aliphatic heterocycles. The van der Waals surface area contributed by atoms with Crippen molar-refractivity contribution in [1.29, 1.82) is 0 Å². The van der Waals surface area contributed by atoms with Crippen molar-refractivity contribution in [2.75, 3.05) is 6.61 Å². The number of thiophene rings is 1. The Labute approximate surface area is 106 Å². The van der Waals surface area contributed by atoms with Crippen molar-refractivity contribution < 1.29 is 4.84 Å². The van der Waals surface area contributed by atoms with E-state index < -0.39 is 0 Å². The minimum absolute atomic E-state index is 0.0353. The normalized spacial score (nSPS) is 11.7. The summed E-state index contributed by atoms with van der Waals surface area (Å²) in [6.07, 6.45) is 0. The summed E-state index contributed by atoms with van der Waals surface area (Å²) in [5.41, 5.74) is 1.22. The highest BCUT2D eigenvalue weighted by Gasteiger charge is 2.23. The lowest BCUT2D eigenvalue weighted by molar-refractivity contribution is 0.0976. The molecule has 0 unspecified atom stereocenters. The van der Waals surface area contributed by atoms with Gasteiger partial charge >= 0.3 is 0 Å². The second-order valence-corrected chi connectivity index (χ2v) is 5.81. The van der Waals surface area contributed by atoms with Crippen LogP contribution in [0, 0.1) is 0 Å². The second-order valence-electron chi connectivity index (χ2n) is 4.72. The molecule has 90 valence electrons. The summed E-state index contributed by atoms with van der Waals surface area (Å²) in [4.78, 5) is 7.36. The maximum absolute atomic E-state index is 5.17. The van der Waals surface area contributed by atoms with Gasteiger partial charge in [-0.1, -0.05) is 44.2 Å². The highest BCUT2D eigenvalue weighted by Crippen LogP contribution is 2.35. The van der Waals surface area contributed by atoms with E-state index in [1.54, 1.807) is 11.3 Å². The number of rotatable bonds is 4. The lowest BCUT2D eigenvalue weighted by Crippen LogP contribution is -2.24. The van der Waals surface area contributed by atoms with Crippen LogP contribution in [-0.4, -0.2) is 6.61 Å². The summed E-state index contributed by atoms with van der Waals surface area (Å²) < 4.78 is 0. The van der Waals surface area contributed by atoms with E-state index in [0.717, 1.165) is 0 Å². The minimum Gasteiger partial charge on any atom is -0.304 e. The summed E-state index contributed by atoms with van der Waals surface area (Å²) in [7, 11) is 0. The van der Waals surface area contributed by atoms with Crippen LogP contribution >= 0.6 is 11.3 Å². The van der Waals surface area contributed by atoms with Crippen molar-refractivity contribution in [2.24, 2.45) is 5.90 Å². The van der Waals surface area contributed by atoms with Crippen molar-refractivity contribution in [3.8, 4) is 10.4 Å². The largest absolute Gasteiger partial charge is 0.304 e. The van der Waals surface area contributed by atoms with E-state index >= 15 is 0 Å². The van der Waals surface area contributed by atoms with E-state index in [2.05, 4.69) is 50.2 Å². The predicted octanol–water partition coefficient (Wildman–Crippen LogP) is 3.58. The average Bonchev–Trinajstić information content (AvgIpc) is 2.80. The third-order valence-electron chi connectivity index (χ3n) is 2.78. The Morgan fingerprint density at radius 1 is 1.12 bits per heavy atom. The van der Waals surface area contributed by atoms with E-state index in [9.17, 15) is 0 Å². The van der Waals surface area contributed by atoms with Crippen LogP contribution in [0.15, 0.2) is 42.5 Å². The Kier molecular flexibility index (Phi) is 3.62. The molecule has 0 spiro atoms. The molecule has 17 heavy (non-hydrogen) atoms. The van der Waals surface area contributed by atoms with Crippen LogP contribution in [0.1, 0.15) is 18.7 Å². The molecule has 3 heteroatoms. The molecule has 1 aromatic carbocycles. The maximum atomic E-state index is 5.17. The quantitative estimate of drug-likeness (QED) is 0.838. The second kappa shape index (κ2) is 5.00. The van der Waals surface area contributed by atoms with Gasteiger partial charge in [0.1, 0.15) is 0 Å². The minimum atomic E-state index is -0.0353. The van der Waals surface area contributed by atoms with E-state index in [1.807, 2.05) is 6.07 Å². The maximum Gasteiger partial charge on any atom is 0.0778 e. The molecule has 1 aromatic heterocycles. The molecule has 0 amide bonds. The standard InChI is InChI=1S/C14H17NOS/c1-14(2,10-16-15)13-9-8-12(17-13)11-6-4-3-5-7-11/h3-9H,10,15H2,1-2H3. The molecule has 0 aliphatic rings. The van der Waals surface area contributed by atoms with Gasteiger partial charge in [-0.05, 0) is 17.7 Å². The number of hydrogen-bond donors (Lipinski definition) is 1. The van der Waals surface area contributed by atoms with Gasteiger partial charge in [-0.2, -0.15) is 0 Å². The fourth-order valence-electron chi connectivity index (χ4n) is 1.74. The predicted molar refractivity (Wildman–Crippen MR) is 72.9 cm³/mol. The van der Waals surface area contributed by atoms with Gasteiger partial charge in [0.25, 0.3) is 0 Å². The first-order valence-electron chi connectivity index (χ1n) is 5.61. The first kappa shape index (κ1) is 12.3. The third-order valence-corrected chi connectivity index (χ3v) is 4.28. The monoisotopic (exact) mass is 247 g/mol. The Balaban J connectivity index is 2.28. The van der Waals surface area contributed by atoms with Gasteiger partial charge in [0.05, 0.1) is 6.61 Å². The van der Waals surface area contributed by atoms with E-state index in [0.29, 0.717) is 6.61 Å². The molecule has 2 rings (SSSR count). The molecule has 2 nitrogen and oxygen atoms in total. The van der Waals surface area contributed by atoms with Crippen LogP contribution in [0.3, 0.4) is 0 Å². The summed E-state index contributed by atoms with van der Waals surface area (Å²) in [5.74, 6) is 5.17. The number of benzene rings is 1. The first-order chi connectivity index (χ1) is 8.13. The van der Waals surface area contributed by atoms with Crippen molar-refractivity contribution in [2.45, 2.75) is 19.3 Å². The van der Waals surface area contributed by atoms with E-state index in [4.69, 9.17) is 10.7 Å². The third kappa shape index (κ3) is 2.75. The van der Waals surface area contributed by atoms with Gasteiger partial charge in [0.2, 0.25) is 0 Å². The summed E-state index contributed by atoms with van der Waals surface area (Å²) in [6.45, 7) is 4.81. The fourth-order valence-corrected chi connectivity index (χ4v) is 2.84. The van der Waals surface area contributed by atoms with Gasteiger partial charge < -0.3 is 4.84 Å². The van der Waals surface area contributed by atoms with Crippen LogP contribution in [-0.2, 0) is 10.3 Å². The van der Waals surface area contributed by atoms with E-state index in [1.165, 1.54) is 15.3 Å². The Bertz CT molecular complexity index is 476. The Hall–Kier alpha value is -1.16. The van der Waals surface area contributed by atoms with Crippen molar-refractivity contribution >= 4 is 11.3 Å². The molecule has 2 N–H and O–H groups in total. The number of nitrogens with two attached hydrogens (primary N) is 1. The van der Waals surface area contributed by atoms with Crippen LogP contribution < -0.4 is 5.90 Å². The van der Waals surface area contributed by atoms with Gasteiger partial charge in [0.15, 0.2) is 0 Å². The topological polar surface area (TPSA) is 35.2 Å². The molecule has 0 saturated carbocycles. The SMILES string of the molecule is CC(C)(CON)c1ccc(-c2ccccc2)s1. The summed E-state index contributed by atoms with van der Waals surface area (Å²) >= 11 is 1.80. The zero-order valence-corrected chi connectivity index (χ0v) is 11.0. The molecule has 1 heterocycles. The molecule has 0 aliphatic carbocycles. The lowest BCUT2D eigenvalue weighted by Gasteiger charge is -2.21. The highest BCUT2D eigenvalue weighted by atomic mass is 32.1. The molecule has 0 radical (unpaired) electrons. The Morgan fingerprint density at radius 3 is 2.47 bits per heavy atom. The summed E-state index contributed by atoms with van der Waals surface area (Å²) in [6, 6.07) is 14.7. The van der Waals surface area contributed by atoms with E-state index in [-0.39, 0.29) is 5.41 Å². The van der Waals surface area contributed by atoms with Crippen molar-refractivity contribution in [3.05, 3.63) is 47.3 Å². The fraction of sp³-hybridized carbons (Fsp3) is 0.286. The Morgan fingerprint density at radius 2 is 1.82 bits per heavy atom. The molecule has 0 fully saturated rings. The van der Waals surface area contributed by atoms with Crippen molar-refractivity contribution in [3.63, 3.8) is 0 Å². The van der Waals surface area contributed by atoms with Gasteiger partial charge in [0, 0.05) is 15.2 Å². The molecule has 0 saturated heterocycles. The van der Waals surface area contributed by atoms with Crippen LogP contribution in [0.4, 0.5) is 0 Å². The summed E-state index contributed by atoms with van der Waals surface area (Å²) in [5, 5.41) is 0. The van der Waals surface area contributed by atoms with Gasteiger partial charge in [-0.25, -0.2) is 5.90 Å². The molecule has 0 atom stereocenters. The van der Waals surface area contributed by atoms with Crippen LogP contribution in [0.2, 0.25) is 0 Å². The lowest BCUT2D eigenvalue weighted by atomic mass is 9.93. The van der Waals surface area contributed by atoms with Crippen LogP contribution in [0.25, 0.3) is 10.4 Å². The first-order valence-corrected chi connectivity index (χ1v) is 6.42. The smallest absolute Gasteiger partial charge is 0.0778 e. The molecular weight excluding hydrogens is 230 g/mol. The van der Waals surface area contributed by atoms with Crippen molar-refractivity contribution in [1.82, 2.24) is 0 Å². The highest BCUT2D eigenvalue weighted by molar-refractivity contribution is 7.15.